The number of nitrogens with one attached hydrogen (secondary N) is 2. The van der Waals surface area contributed by atoms with E-state index in [2.05, 4.69) is 31.8 Å². The number of carbonyl (C=O) groups is 2. The quantitative estimate of drug-likeness (QED) is 0.291. The van der Waals surface area contributed by atoms with Crippen molar-refractivity contribution in [1.82, 2.24) is 10.7 Å². The van der Waals surface area contributed by atoms with Crippen molar-refractivity contribution in [1.29, 1.82) is 0 Å². The molecule has 0 aliphatic carbocycles. The molecule has 0 atom stereocenters. The van der Waals surface area contributed by atoms with Gasteiger partial charge in [0, 0.05) is 5.56 Å². The summed E-state index contributed by atoms with van der Waals surface area (Å²) >= 11 is 15.4. The van der Waals surface area contributed by atoms with Crippen molar-refractivity contribution in [2.75, 3.05) is 13.3 Å². The van der Waals surface area contributed by atoms with E-state index in [1.54, 1.807) is 48.5 Å². The van der Waals surface area contributed by atoms with Crippen molar-refractivity contribution in [3.05, 3.63) is 85.8 Å². The van der Waals surface area contributed by atoms with Gasteiger partial charge in [-0.2, -0.15) is 5.10 Å². The molecule has 1 heterocycles. The summed E-state index contributed by atoms with van der Waals surface area (Å²) in [5, 5.41) is 7.40. The van der Waals surface area contributed by atoms with E-state index in [0.29, 0.717) is 43.9 Å². The van der Waals surface area contributed by atoms with Crippen LogP contribution in [0.1, 0.15) is 21.5 Å². The summed E-state index contributed by atoms with van der Waals surface area (Å²) in [6.07, 6.45) is 1.48. The van der Waals surface area contributed by atoms with Gasteiger partial charge in [0.1, 0.15) is 12.4 Å². The van der Waals surface area contributed by atoms with Crippen LogP contribution in [0.3, 0.4) is 0 Å². The molecule has 0 spiro atoms. The minimum Gasteiger partial charge on any atom is -0.488 e. The fourth-order valence-electron chi connectivity index (χ4n) is 3.02. The van der Waals surface area contributed by atoms with Gasteiger partial charge < -0.3 is 19.5 Å². The van der Waals surface area contributed by atoms with Crippen LogP contribution >= 0.6 is 39.1 Å². The van der Waals surface area contributed by atoms with E-state index in [0.717, 1.165) is 11.1 Å². The average Bonchev–Trinajstić information content (AvgIpc) is 3.32. The summed E-state index contributed by atoms with van der Waals surface area (Å²) < 4.78 is 17.0. The molecule has 0 bridgehead atoms. The lowest BCUT2D eigenvalue weighted by atomic mass is 10.2. The molecule has 4 rings (SSSR count). The fraction of sp³-hybridized carbons (Fsp3) is 0.125. The Hall–Kier alpha value is -3.27. The van der Waals surface area contributed by atoms with Crippen molar-refractivity contribution in [2.45, 2.75) is 6.61 Å². The van der Waals surface area contributed by atoms with Crippen LogP contribution in [0.25, 0.3) is 0 Å². The number of hydrogen-bond donors (Lipinski definition) is 2. The average molecular weight is 579 g/mol. The summed E-state index contributed by atoms with van der Waals surface area (Å²) in [5.74, 6) is 0.803. The summed E-state index contributed by atoms with van der Waals surface area (Å²) in [6.45, 7) is 0.193. The zero-order chi connectivity index (χ0) is 24.8. The minimum absolute atomic E-state index is 0.117. The summed E-state index contributed by atoms with van der Waals surface area (Å²) in [7, 11) is 0. The van der Waals surface area contributed by atoms with E-state index in [9.17, 15) is 9.59 Å². The highest BCUT2D eigenvalue weighted by atomic mass is 79.9. The van der Waals surface area contributed by atoms with Gasteiger partial charge in [-0.25, -0.2) is 5.43 Å². The number of hydrazone groups is 1. The number of hydrogen-bond acceptors (Lipinski definition) is 6. The SMILES string of the molecule is O=C(CNC(=O)c1ccc2c(c1)OCO2)N/N=C/c1ccc(OCc2ccc(Cl)c(Cl)c2)c(Br)c1. The smallest absolute Gasteiger partial charge is 0.259 e. The van der Waals surface area contributed by atoms with Gasteiger partial charge >= 0.3 is 0 Å². The maximum atomic E-state index is 12.2. The van der Waals surface area contributed by atoms with Gasteiger partial charge in [0.05, 0.1) is 27.3 Å². The van der Waals surface area contributed by atoms with Crippen LogP contribution < -0.4 is 25.0 Å². The summed E-state index contributed by atoms with van der Waals surface area (Å²) in [4.78, 5) is 24.2. The minimum atomic E-state index is -0.476. The van der Waals surface area contributed by atoms with E-state index >= 15 is 0 Å². The van der Waals surface area contributed by atoms with Crippen LogP contribution in [0, 0.1) is 0 Å². The van der Waals surface area contributed by atoms with Gasteiger partial charge in [-0.3, -0.25) is 9.59 Å². The molecule has 0 saturated heterocycles. The molecule has 0 fully saturated rings. The lowest BCUT2D eigenvalue weighted by Crippen LogP contribution is -2.34. The second-order valence-corrected chi connectivity index (χ2v) is 8.94. The number of benzene rings is 3. The Kier molecular flexibility index (Phi) is 8.12. The van der Waals surface area contributed by atoms with Crippen molar-refractivity contribution in [3.63, 3.8) is 0 Å². The highest BCUT2D eigenvalue weighted by molar-refractivity contribution is 9.10. The predicted molar refractivity (Wildman–Crippen MR) is 136 cm³/mol. The molecule has 0 aromatic heterocycles. The van der Waals surface area contributed by atoms with Crippen LogP contribution in [-0.4, -0.2) is 31.4 Å². The van der Waals surface area contributed by atoms with Crippen molar-refractivity contribution >= 4 is 57.2 Å². The third kappa shape index (κ3) is 6.66. The zero-order valence-corrected chi connectivity index (χ0v) is 21.1. The van der Waals surface area contributed by atoms with Crippen LogP contribution in [0.5, 0.6) is 17.2 Å². The normalized spacial score (nSPS) is 12.0. The monoisotopic (exact) mass is 577 g/mol. The van der Waals surface area contributed by atoms with E-state index in [-0.39, 0.29) is 13.3 Å². The molecular weight excluding hydrogens is 561 g/mol. The molecule has 3 aromatic carbocycles. The van der Waals surface area contributed by atoms with Crippen molar-refractivity contribution < 1.29 is 23.8 Å². The number of amides is 2. The predicted octanol–water partition coefficient (Wildman–Crippen LogP) is 4.94. The number of fused-ring (bicyclic) bond motifs is 1. The lowest BCUT2D eigenvalue weighted by molar-refractivity contribution is -0.120. The maximum Gasteiger partial charge on any atom is 0.259 e. The van der Waals surface area contributed by atoms with Gasteiger partial charge in [0.2, 0.25) is 6.79 Å². The fourth-order valence-corrected chi connectivity index (χ4v) is 3.86. The number of carbonyl (C=O) groups excluding carboxylic acids is 2. The van der Waals surface area contributed by atoms with E-state index < -0.39 is 11.8 Å². The molecular formula is C24H18BrCl2N3O5. The van der Waals surface area contributed by atoms with Gasteiger partial charge in [0.25, 0.3) is 11.8 Å². The van der Waals surface area contributed by atoms with Crippen LogP contribution in [0.2, 0.25) is 10.0 Å². The highest BCUT2D eigenvalue weighted by Gasteiger charge is 2.16. The van der Waals surface area contributed by atoms with Gasteiger partial charge in [-0.15, -0.1) is 0 Å². The molecule has 180 valence electrons. The molecule has 8 nitrogen and oxygen atoms in total. The molecule has 3 aromatic rings. The first-order valence-corrected chi connectivity index (χ1v) is 11.8. The van der Waals surface area contributed by atoms with Gasteiger partial charge in [-0.1, -0.05) is 29.3 Å². The Bertz CT molecular complexity index is 1300. The Morgan fingerprint density at radius 2 is 1.86 bits per heavy atom. The molecule has 1 aliphatic rings. The molecule has 2 amide bonds. The molecule has 2 N–H and O–H groups in total. The zero-order valence-electron chi connectivity index (χ0n) is 18.0. The lowest BCUT2D eigenvalue weighted by Gasteiger charge is -2.09. The molecule has 0 unspecified atom stereocenters. The molecule has 1 aliphatic heterocycles. The number of halogens is 3. The number of ether oxygens (including phenoxy) is 3. The van der Waals surface area contributed by atoms with E-state index in [1.807, 2.05) is 6.07 Å². The highest BCUT2D eigenvalue weighted by Crippen LogP contribution is 2.32. The molecule has 35 heavy (non-hydrogen) atoms. The standard InChI is InChI=1S/C24H18BrCl2N3O5/c25-17-7-14(2-5-20(17)33-12-15-1-4-18(26)19(27)8-15)10-29-30-23(31)11-28-24(32)16-3-6-21-22(9-16)35-13-34-21/h1-10H,11-13H2,(H,28,32)(H,30,31)/b29-10+. The van der Waals surface area contributed by atoms with Crippen molar-refractivity contribution in [3.8, 4) is 17.2 Å². The van der Waals surface area contributed by atoms with Crippen LogP contribution in [0.15, 0.2) is 64.2 Å². The maximum absolute atomic E-state index is 12.2. The Labute approximate surface area is 219 Å². The third-order valence-electron chi connectivity index (χ3n) is 4.78. The van der Waals surface area contributed by atoms with Crippen molar-refractivity contribution in [2.24, 2.45) is 5.10 Å². The van der Waals surface area contributed by atoms with Gasteiger partial charge in [-0.05, 0) is 75.6 Å². The van der Waals surface area contributed by atoms with Crippen LogP contribution in [-0.2, 0) is 11.4 Å². The number of rotatable bonds is 8. The third-order valence-corrected chi connectivity index (χ3v) is 6.14. The topological polar surface area (TPSA) is 98.3 Å². The van der Waals surface area contributed by atoms with E-state index in [1.165, 1.54) is 6.21 Å². The first kappa shape index (κ1) is 24.8. The largest absolute Gasteiger partial charge is 0.488 e. The van der Waals surface area contributed by atoms with Gasteiger partial charge in [0.15, 0.2) is 11.5 Å². The Morgan fingerprint density at radius 3 is 2.66 bits per heavy atom. The van der Waals surface area contributed by atoms with E-state index in [4.69, 9.17) is 37.4 Å². The first-order valence-electron chi connectivity index (χ1n) is 10.2. The second-order valence-electron chi connectivity index (χ2n) is 7.27. The first-order chi connectivity index (χ1) is 16.9. The molecule has 0 radical (unpaired) electrons. The summed E-state index contributed by atoms with van der Waals surface area (Å²) in [6, 6.07) is 15.4. The second kappa shape index (κ2) is 11.4. The molecule has 0 saturated carbocycles. The number of nitrogens with zero attached hydrogens (tertiary/aromatic N) is 1. The Morgan fingerprint density at radius 1 is 1.03 bits per heavy atom. The summed E-state index contributed by atoms with van der Waals surface area (Å²) in [5.41, 5.74) is 4.33. The Balaban J connectivity index is 1.24. The molecule has 11 heteroatoms. The van der Waals surface area contributed by atoms with Crippen LogP contribution in [0.4, 0.5) is 0 Å².